The molecule has 3 heterocycles. The molecule has 242 valence electrons. The van der Waals surface area contributed by atoms with Crippen LogP contribution < -0.4 is 10.6 Å². The highest BCUT2D eigenvalue weighted by Gasteiger charge is 2.17. The van der Waals surface area contributed by atoms with Crippen molar-refractivity contribution in [3.05, 3.63) is 95.9 Å². The van der Waals surface area contributed by atoms with Crippen molar-refractivity contribution in [3.8, 4) is 11.3 Å². The number of anilines is 3. The second-order valence-corrected chi connectivity index (χ2v) is 11.1. The number of amides is 1. The monoisotopic (exact) mass is 625 g/mol. The van der Waals surface area contributed by atoms with Gasteiger partial charge in [0.1, 0.15) is 0 Å². The lowest BCUT2D eigenvalue weighted by Gasteiger charge is -2.34. The average molecular weight is 626 g/mol. The van der Waals surface area contributed by atoms with Crippen LogP contribution in [0.4, 0.5) is 17.3 Å². The Labute approximate surface area is 270 Å². The first-order valence-electron chi connectivity index (χ1n) is 15.7. The van der Waals surface area contributed by atoms with Gasteiger partial charge in [-0.15, -0.1) is 0 Å². The van der Waals surface area contributed by atoms with Crippen LogP contribution in [-0.4, -0.2) is 104 Å². The lowest BCUT2D eigenvalue weighted by molar-refractivity contribution is 0.0155. The molecule has 0 spiro atoms. The molecule has 2 aromatic heterocycles. The second kappa shape index (κ2) is 17.4. The van der Waals surface area contributed by atoms with Gasteiger partial charge >= 0.3 is 0 Å². The van der Waals surface area contributed by atoms with Crippen molar-refractivity contribution in [3.63, 3.8) is 0 Å². The molecule has 5 rings (SSSR count). The Morgan fingerprint density at radius 2 is 1.63 bits per heavy atom. The van der Waals surface area contributed by atoms with E-state index < -0.39 is 0 Å². The molecule has 11 heteroatoms. The highest BCUT2D eigenvalue weighted by molar-refractivity contribution is 6.04. The van der Waals surface area contributed by atoms with Gasteiger partial charge in [0.2, 0.25) is 5.95 Å². The number of piperazine rings is 1. The fraction of sp³-hybridized carbons (Fsp3) is 0.371. The first kappa shape index (κ1) is 33.1. The molecule has 46 heavy (non-hydrogen) atoms. The van der Waals surface area contributed by atoms with Crippen molar-refractivity contribution in [2.75, 3.05) is 83.5 Å². The predicted molar refractivity (Wildman–Crippen MR) is 179 cm³/mol. The van der Waals surface area contributed by atoms with E-state index in [1.165, 1.54) is 5.56 Å². The van der Waals surface area contributed by atoms with Gasteiger partial charge in [-0.3, -0.25) is 19.6 Å². The molecule has 1 aliphatic rings. The fourth-order valence-electron chi connectivity index (χ4n) is 5.10. The second-order valence-electron chi connectivity index (χ2n) is 11.1. The van der Waals surface area contributed by atoms with E-state index in [1.54, 1.807) is 25.7 Å². The molecule has 0 atom stereocenters. The van der Waals surface area contributed by atoms with E-state index in [-0.39, 0.29) is 5.91 Å². The van der Waals surface area contributed by atoms with Gasteiger partial charge in [0, 0.05) is 87.5 Å². The Balaban J connectivity index is 1.06. The maximum Gasteiger partial charge on any atom is 0.255 e. The maximum absolute atomic E-state index is 13.1. The van der Waals surface area contributed by atoms with Crippen LogP contribution in [0.1, 0.15) is 21.5 Å². The molecule has 0 aliphatic carbocycles. The lowest BCUT2D eigenvalue weighted by atomic mass is 10.1. The summed E-state index contributed by atoms with van der Waals surface area (Å²) in [6, 6.07) is 19.3. The fourth-order valence-corrected chi connectivity index (χ4v) is 5.10. The number of nitrogens with zero attached hydrogens (tertiary/aromatic N) is 5. The molecule has 0 saturated carbocycles. The third-order valence-corrected chi connectivity index (χ3v) is 7.80. The summed E-state index contributed by atoms with van der Waals surface area (Å²) in [6.45, 7) is 11.0. The number of hydrogen-bond acceptors (Lipinski definition) is 10. The Kier molecular flexibility index (Phi) is 12.6. The molecule has 1 saturated heterocycles. The normalized spacial score (nSPS) is 13.9. The number of carbonyl (C=O) groups is 1. The number of nitrogens with one attached hydrogen (secondary N) is 2. The number of pyridine rings is 1. The smallest absolute Gasteiger partial charge is 0.255 e. The van der Waals surface area contributed by atoms with Crippen molar-refractivity contribution < 1.29 is 19.0 Å². The van der Waals surface area contributed by atoms with Crippen LogP contribution in [-0.2, 0) is 20.8 Å². The molecule has 1 amide bonds. The first-order chi connectivity index (χ1) is 22.6. The molecule has 11 nitrogen and oxygen atoms in total. The van der Waals surface area contributed by atoms with Crippen LogP contribution in [0, 0.1) is 6.92 Å². The number of methoxy groups -OCH3 is 1. The molecular formula is C35H43N7O4. The van der Waals surface area contributed by atoms with E-state index in [0.29, 0.717) is 50.2 Å². The Morgan fingerprint density at radius 1 is 0.870 bits per heavy atom. The van der Waals surface area contributed by atoms with Gasteiger partial charge in [-0.05, 0) is 60.5 Å². The lowest BCUT2D eigenvalue weighted by Crippen LogP contribution is -2.46. The maximum atomic E-state index is 13.1. The van der Waals surface area contributed by atoms with Crippen molar-refractivity contribution in [2.24, 2.45) is 0 Å². The zero-order valence-corrected chi connectivity index (χ0v) is 26.7. The Bertz CT molecular complexity index is 1510. The quantitative estimate of drug-likeness (QED) is 0.171. The highest BCUT2D eigenvalue weighted by Crippen LogP contribution is 2.25. The van der Waals surface area contributed by atoms with Gasteiger partial charge in [-0.1, -0.05) is 18.2 Å². The number of benzene rings is 2. The van der Waals surface area contributed by atoms with Gasteiger partial charge in [0.15, 0.2) is 0 Å². The third-order valence-electron chi connectivity index (χ3n) is 7.80. The van der Waals surface area contributed by atoms with Gasteiger partial charge in [0.25, 0.3) is 5.91 Å². The number of carbonyl (C=O) groups excluding carboxylic acids is 1. The zero-order chi connectivity index (χ0) is 32.0. The summed E-state index contributed by atoms with van der Waals surface area (Å²) in [5.41, 5.74) is 5.99. The topological polar surface area (TPSA) is 114 Å². The van der Waals surface area contributed by atoms with Crippen LogP contribution in [0.2, 0.25) is 0 Å². The van der Waals surface area contributed by atoms with Crippen molar-refractivity contribution in [1.29, 1.82) is 0 Å². The van der Waals surface area contributed by atoms with Crippen LogP contribution in [0.25, 0.3) is 11.3 Å². The molecule has 1 aliphatic heterocycles. The van der Waals surface area contributed by atoms with E-state index in [0.717, 1.165) is 61.8 Å². The van der Waals surface area contributed by atoms with Crippen molar-refractivity contribution in [1.82, 2.24) is 24.8 Å². The number of aromatic nitrogens is 3. The Hall–Kier alpha value is -4.26. The largest absolute Gasteiger partial charge is 0.382 e. The van der Waals surface area contributed by atoms with Crippen LogP contribution in [0.3, 0.4) is 0 Å². The summed E-state index contributed by atoms with van der Waals surface area (Å²) < 4.78 is 16.1. The van der Waals surface area contributed by atoms with E-state index in [1.807, 2.05) is 67.6 Å². The summed E-state index contributed by atoms with van der Waals surface area (Å²) in [5.74, 6) is 0.308. The minimum atomic E-state index is -0.159. The summed E-state index contributed by atoms with van der Waals surface area (Å²) >= 11 is 0. The predicted octanol–water partition coefficient (Wildman–Crippen LogP) is 4.64. The van der Waals surface area contributed by atoms with E-state index >= 15 is 0 Å². The molecule has 1 fully saturated rings. The van der Waals surface area contributed by atoms with E-state index in [4.69, 9.17) is 14.2 Å². The zero-order valence-electron chi connectivity index (χ0n) is 26.7. The van der Waals surface area contributed by atoms with E-state index in [2.05, 4.69) is 35.4 Å². The summed E-state index contributed by atoms with van der Waals surface area (Å²) in [6.07, 6.45) is 5.21. The van der Waals surface area contributed by atoms with Gasteiger partial charge in [-0.25, -0.2) is 9.97 Å². The molecule has 2 aromatic carbocycles. The molecule has 0 unspecified atom stereocenters. The first-order valence-corrected chi connectivity index (χ1v) is 15.7. The molecule has 2 N–H and O–H groups in total. The summed E-state index contributed by atoms with van der Waals surface area (Å²) in [4.78, 5) is 31.2. The minimum Gasteiger partial charge on any atom is -0.382 e. The van der Waals surface area contributed by atoms with Gasteiger partial charge in [-0.2, -0.15) is 0 Å². The van der Waals surface area contributed by atoms with Crippen LogP contribution >= 0.6 is 0 Å². The van der Waals surface area contributed by atoms with Crippen LogP contribution in [0.5, 0.6) is 0 Å². The minimum absolute atomic E-state index is 0.159. The average Bonchev–Trinajstić information content (AvgIpc) is 3.09. The summed E-state index contributed by atoms with van der Waals surface area (Å²) in [7, 11) is 1.67. The SMILES string of the molecule is COCCOCCOCCN1CCN(Cc2ccc(C(=O)Nc3ccc(C)c(Nc4nccc(-c5cccnc5)n4)c3)cc2)CC1. The number of rotatable bonds is 16. The van der Waals surface area contributed by atoms with E-state index in [9.17, 15) is 4.79 Å². The number of hydrogen-bond donors (Lipinski definition) is 2. The third kappa shape index (κ3) is 10.1. The summed E-state index contributed by atoms with van der Waals surface area (Å²) in [5, 5.41) is 6.32. The van der Waals surface area contributed by atoms with Gasteiger partial charge < -0.3 is 24.8 Å². The molecule has 4 aromatic rings. The molecular weight excluding hydrogens is 582 g/mol. The molecule has 0 bridgehead atoms. The van der Waals surface area contributed by atoms with Crippen molar-refractivity contribution in [2.45, 2.75) is 13.5 Å². The Morgan fingerprint density at radius 3 is 2.39 bits per heavy atom. The van der Waals surface area contributed by atoms with Crippen LogP contribution in [0.15, 0.2) is 79.3 Å². The number of ether oxygens (including phenoxy) is 3. The van der Waals surface area contributed by atoms with Crippen molar-refractivity contribution >= 4 is 23.2 Å². The molecule has 0 radical (unpaired) electrons. The number of aryl methyl sites for hydroxylation is 1. The highest BCUT2D eigenvalue weighted by atomic mass is 16.5. The van der Waals surface area contributed by atoms with Gasteiger partial charge in [0.05, 0.1) is 38.7 Å². The standard InChI is InChI=1S/C35H43N7O4/c1-27-5-10-31(24-33(27)40-35-37-13-11-32(39-35)30-4-3-12-36-25-30)38-34(43)29-8-6-28(7-9-29)26-42-16-14-41(15-17-42)18-19-45-22-23-46-21-20-44-2/h3-13,24-25H,14-23,26H2,1-2H3,(H,38,43)(H,37,39,40).